The summed E-state index contributed by atoms with van der Waals surface area (Å²) < 4.78 is 15.0. The van der Waals surface area contributed by atoms with Crippen LogP contribution in [0, 0.1) is 5.82 Å². The molecule has 1 atom stereocenters. The second-order valence-electron chi connectivity index (χ2n) is 3.87. The molecule has 1 N–H and O–H groups in total. The number of anilines is 1. The van der Waals surface area contributed by atoms with E-state index in [9.17, 15) is 4.39 Å². The lowest BCUT2D eigenvalue weighted by Crippen LogP contribution is -2.11. The van der Waals surface area contributed by atoms with Crippen molar-refractivity contribution in [3.8, 4) is 0 Å². The van der Waals surface area contributed by atoms with E-state index in [1.54, 1.807) is 16.9 Å². The highest BCUT2D eigenvalue weighted by Gasteiger charge is 2.10. The largest absolute Gasteiger partial charge is 0.377 e. The van der Waals surface area contributed by atoms with E-state index in [4.69, 9.17) is 11.6 Å². The number of benzene rings is 1. The van der Waals surface area contributed by atoms with Gasteiger partial charge in [0.1, 0.15) is 5.82 Å². The SMILES string of the molecule is CC(Nc1ccc(Cl)c(F)c1)c1ccnn1C. The summed E-state index contributed by atoms with van der Waals surface area (Å²) in [5.74, 6) is -0.422. The van der Waals surface area contributed by atoms with Crippen molar-refractivity contribution >= 4 is 17.3 Å². The van der Waals surface area contributed by atoms with Crippen LogP contribution in [0.1, 0.15) is 18.7 Å². The number of hydrogen-bond acceptors (Lipinski definition) is 2. The molecule has 5 heteroatoms. The van der Waals surface area contributed by atoms with Gasteiger partial charge in [0.25, 0.3) is 0 Å². The molecule has 0 aliphatic carbocycles. The van der Waals surface area contributed by atoms with Crippen LogP contribution in [0.25, 0.3) is 0 Å². The predicted octanol–water partition coefficient (Wildman–Crippen LogP) is 3.39. The molecule has 1 aromatic heterocycles. The molecule has 1 unspecified atom stereocenters. The van der Waals surface area contributed by atoms with Crippen molar-refractivity contribution in [3.05, 3.63) is 47.0 Å². The van der Waals surface area contributed by atoms with E-state index >= 15 is 0 Å². The quantitative estimate of drug-likeness (QED) is 0.909. The van der Waals surface area contributed by atoms with Gasteiger partial charge in [-0.05, 0) is 31.2 Å². The maximum absolute atomic E-state index is 13.3. The van der Waals surface area contributed by atoms with Gasteiger partial charge in [-0.25, -0.2) is 4.39 Å². The number of halogens is 2. The molecular weight excluding hydrogens is 241 g/mol. The summed E-state index contributed by atoms with van der Waals surface area (Å²) in [5.41, 5.74) is 1.72. The lowest BCUT2D eigenvalue weighted by Gasteiger charge is -2.15. The van der Waals surface area contributed by atoms with Crippen LogP contribution < -0.4 is 5.32 Å². The van der Waals surface area contributed by atoms with E-state index < -0.39 is 5.82 Å². The number of nitrogens with zero attached hydrogens (tertiary/aromatic N) is 2. The van der Waals surface area contributed by atoms with Crippen molar-refractivity contribution in [2.24, 2.45) is 7.05 Å². The van der Waals surface area contributed by atoms with Crippen molar-refractivity contribution in [2.75, 3.05) is 5.32 Å². The predicted molar refractivity (Wildman–Crippen MR) is 66.7 cm³/mol. The maximum atomic E-state index is 13.3. The molecule has 1 aromatic carbocycles. The Morgan fingerprint density at radius 1 is 1.41 bits per heavy atom. The van der Waals surface area contributed by atoms with Crippen molar-refractivity contribution in [2.45, 2.75) is 13.0 Å². The Morgan fingerprint density at radius 2 is 2.18 bits per heavy atom. The summed E-state index contributed by atoms with van der Waals surface area (Å²) in [6.07, 6.45) is 1.73. The fourth-order valence-electron chi connectivity index (χ4n) is 1.72. The zero-order chi connectivity index (χ0) is 12.4. The molecule has 0 fully saturated rings. The summed E-state index contributed by atoms with van der Waals surface area (Å²) in [6.45, 7) is 1.99. The first-order valence-electron chi connectivity index (χ1n) is 5.27. The zero-order valence-electron chi connectivity index (χ0n) is 9.61. The molecular formula is C12H13ClFN3. The van der Waals surface area contributed by atoms with Crippen molar-refractivity contribution in [3.63, 3.8) is 0 Å². The minimum absolute atomic E-state index is 0.0445. The lowest BCUT2D eigenvalue weighted by molar-refractivity contribution is 0.627. The number of nitrogens with one attached hydrogen (secondary N) is 1. The lowest BCUT2D eigenvalue weighted by atomic mass is 10.2. The Bertz CT molecular complexity index is 524. The molecule has 0 saturated carbocycles. The highest BCUT2D eigenvalue weighted by atomic mass is 35.5. The molecule has 1 heterocycles. The van der Waals surface area contributed by atoms with Crippen molar-refractivity contribution < 1.29 is 4.39 Å². The van der Waals surface area contributed by atoms with Gasteiger partial charge in [-0.15, -0.1) is 0 Å². The summed E-state index contributed by atoms with van der Waals surface area (Å²) in [7, 11) is 1.87. The van der Waals surface area contributed by atoms with E-state index in [2.05, 4.69) is 10.4 Å². The third-order valence-electron chi connectivity index (χ3n) is 2.61. The second-order valence-corrected chi connectivity index (χ2v) is 4.28. The Hall–Kier alpha value is -1.55. The third-order valence-corrected chi connectivity index (χ3v) is 2.91. The molecule has 0 saturated heterocycles. The smallest absolute Gasteiger partial charge is 0.143 e. The van der Waals surface area contributed by atoms with Crippen LogP contribution in [0.15, 0.2) is 30.5 Å². The zero-order valence-corrected chi connectivity index (χ0v) is 10.4. The average Bonchev–Trinajstić information content (AvgIpc) is 2.70. The number of aromatic nitrogens is 2. The minimum atomic E-state index is -0.422. The van der Waals surface area contributed by atoms with E-state index in [1.165, 1.54) is 12.1 Å². The van der Waals surface area contributed by atoms with Crippen LogP contribution in [0.2, 0.25) is 5.02 Å². The van der Waals surface area contributed by atoms with E-state index in [0.29, 0.717) is 5.69 Å². The number of aryl methyl sites for hydroxylation is 1. The topological polar surface area (TPSA) is 29.9 Å². The molecule has 2 aromatic rings. The fraction of sp³-hybridized carbons (Fsp3) is 0.250. The van der Waals surface area contributed by atoms with Crippen LogP contribution >= 0.6 is 11.6 Å². The van der Waals surface area contributed by atoms with E-state index in [1.807, 2.05) is 20.0 Å². The molecule has 17 heavy (non-hydrogen) atoms. The van der Waals surface area contributed by atoms with Gasteiger partial charge in [0, 0.05) is 18.9 Å². The molecule has 0 bridgehead atoms. The molecule has 90 valence electrons. The Balaban J connectivity index is 2.16. The molecule has 0 aliphatic heterocycles. The van der Waals surface area contributed by atoms with Crippen molar-refractivity contribution in [1.29, 1.82) is 0 Å². The summed E-state index contributed by atoms with van der Waals surface area (Å²) in [4.78, 5) is 0. The van der Waals surface area contributed by atoms with Gasteiger partial charge < -0.3 is 5.32 Å². The van der Waals surface area contributed by atoms with Gasteiger partial charge in [-0.3, -0.25) is 4.68 Å². The van der Waals surface area contributed by atoms with Gasteiger partial charge in [0.15, 0.2) is 0 Å². The maximum Gasteiger partial charge on any atom is 0.143 e. The Morgan fingerprint density at radius 3 is 2.76 bits per heavy atom. The standard InChI is InChI=1S/C12H13ClFN3/c1-8(12-5-6-15-17(12)2)16-9-3-4-10(13)11(14)7-9/h3-8,16H,1-2H3. The second kappa shape index (κ2) is 4.75. The van der Waals surface area contributed by atoms with Gasteiger partial charge in [-0.1, -0.05) is 11.6 Å². The molecule has 0 aliphatic rings. The summed E-state index contributed by atoms with van der Waals surface area (Å²) in [5, 5.41) is 7.41. The number of hydrogen-bond donors (Lipinski definition) is 1. The third kappa shape index (κ3) is 2.58. The summed E-state index contributed by atoms with van der Waals surface area (Å²) in [6, 6.07) is 6.63. The number of rotatable bonds is 3. The molecule has 3 nitrogen and oxygen atoms in total. The molecule has 2 rings (SSSR count). The monoisotopic (exact) mass is 253 g/mol. The highest BCUT2D eigenvalue weighted by molar-refractivity contribution is 6.30. The van der Waals surface area contributed by atoms with Gasteiger partial charge in [-0.2, -0.15) is 5.10 Å². The first-order valence-corrected chi connectivity index (χ1v) is 5.65. The van der Waals surface area contributed by atoms with Crippen LogP contribution in [0.4, 0.5) is 10.1 Å². The molecule has 0 spiro atoms. The van der Waals surface area contributed by atoms with E-state index in [-0.39, 0.29) is 11.1 Å². The van der Waals surface area contributed by atoms with Crippen molar-refractivity contribution in [1.82, 2.24) is 9.78 Å². The van der Waals surface area contributed by atoms with Gasteiger partial charge >= 0.3 is 0 Å². The van der Waals surface area contributed by atoms with Crippen LogP contribution in [0.3, 0.4) is 0 Å². The highest BCUT2D eigenvalue weighted by Crippen LogP contribution is 2.22. The minimum Gasteiger partial charge on any atom is -0.377 e. The normalized spacial score (nSPS) is 12.5. The first kappa shape index (κ1) is 11.9. The average molecular weight is 254 g/mol. The molecule has 0 radical (unpaired) electrons. The summed E-state index contributed by atoms with van der Waals surface area (Å²) >= 11 is 5.63. The van der Waals surface area contributed by atoms with Gasteiger partial charge in [0.05, 0.1) is 16.8 Å². The Labute approximate surface area is 104 Å². The van der Waals surface area contributed by atoms with Crippen LogP contribution in [-0.2, 0) is 7.05 Å². The van der Waals surface area contributed by atoms with Gasteiger partial charge in [0.2, 0.25) is 0 Å². The molecule has 0 amide bonds. The van der Waals surface area contributed by atoms with Crippen LogP contribution in [0.5, 0.6) is 0 Å². The fourth-order valence-corrected chi connectivity index (χ4v) is 1.84. The van der Waals surface area contributed by atoms with E-state index in [0.717, 1.165) is 5.69 Å². The van der Waals surface area contributed by atoms with Crippen LogP contribution in [-0.4, -0.2) is 9.78 Å². The first-order chi connectivity index (χ1) is 8.08. The Kier molecular flexibility index (Phi) is 3.33.